The van der Waals surface area contributed by atoms with Crippen LogP contribution in [0, 0.1) is 0 Å². The van der Waals surface area contributed by atoms with Crippen molar-refractivity contribution in [3.8, 4) is 5.75 Å². The van der Waals surface area contributed by atoms with E-state index in [9.17, 15) is 4.79 Å². The number of rotatable bonds is 4. The number of hydrogen-bond acceptors (Lipinski definition) is 2. The molecule has 2 aromatic carbocycles. The van der Waals surface area contributed by atoms with Crippen LogP contribution in [0.2, 0.25) is 0 Å². The van der Waals surface area contributed by atoms with Gasteiger partial charge in [0.05, 0.1) is 5.56 Å². The molecule has 1 heterocycles. The van der Waals surface area contributed by atoms with Crippen LogP contribution in [0.5, 0.6) is 5.75 Å². The fraction of sp³-hybridized carbons (Fsp3) is 0. The number of pyridine rings is 1. The molecule has 0 spiro atoms. The highest BCUT2D eigenvalue weighted by Crippen LogP contribution is 2.15. The molecule has 0 saturated carbocycles. The molecule has 0 radical (unpaired) electrons. The number of aromatic nitrogens is 1. The largest absolute Gasteiger partial charge is 0.423 e. The Balaban J connectivity index is 1.65. The summed E-state index contributed by atoms with van der Waals surface area (Å²) < 4.78 is 7.31. The molecule has 0 atom stereocenters. The average molecular weight is 302 g/mol. The number of nitrogens with zero attached hydrogens (tertiary/aromatic N) is 1. The van der Waals surface area contributed by atoms with Gasteiger partial charge < -0.3 is 4.74 Å². The molecule has 0 unspecified atom stereocenters. The second kappa shape index (κ2) is 7.18. The minimum absolute atomic E-state index is 0.353. The highest BCUT2D eigenvalue weighted by molar-refractivity contribution is 5.90. The first-order valence-corrected chi connectivity index (χ1v) is 7.32. The van der Waals surface area contributed by atoms with Crippen LogP contribution in [-0.4, -0.2) is 5.97 Å². The van der Waals surface area contributed by atoms with Crippen molar-refractivity contribution in [3.05, 3.63) is 96.3 Å². The van der Waals surface area contributed by atoms with Crippen LogP contribution in [0.3, 0.4) is 0 Å². The van der Waals surface area contributed by atoms with E-state index in [-0.39, 0.29) is 5.97 Å². The van der Waals surface area contributed by atoms with E-state index in [2.05, 4.69) is 0 Å². The molecule has 0 amide bonds. The Hall–Kier alpha value is -3.20. The summed E-state index contributed by atoms with van der Waals surface area (Å²) in [5, 5.41) is 0. The maximum absolute atomic E-state index is 12.0. The fourth-order valence-electron chi connectivity index (χ4n) is 2.07. The van der Waals surface area contributed by atoms with E-state index in [0.29, 0.717) is 11.3 Å². The third-order valence-electron chi connectivity index (χ3n) is 3.28. The first-order valence-electron chi connectivity index (χ1n) is 7.32. The summed E-state index contributed by atoms with van der Waals surface area (Å²) in [4.78, 5) is 12.0. The topological polar surface area (TPSA) is 30.2 Å². The number of hydrogen-bond donors (Lipinski definition) is 0. The molecule has 0 aliphatic heterocycles. The third-order valence-corrected chi connectivity index (χ3v) is 3.28. The number of benzene rings is 2. The Bertz CT molecular complexity index is 794. The lowest BCUT2D eigenvalue weighted by Gasteiger charge is -2.04. The van der Waals surface area contributed by atoms with Gasteiger partial charge in [-0.2, -0.15) is 4.57 Å². The molecule has 23 heavy (non-hydrogen) atoms. The first kappa shape index (κ1) is 14.7. The lowest BCUT2D eigenvalue weighted by Crippen LogP contribution is -2.23. The zero-order valence-electron chi connectivity index (χ0n) is 12.5. The van der Waals surface area contributed by atoms with E-state index in [1.807, 2.05) is 77.8 Å². The molecule has 0 saturated heterocycles. The minimum atomic E-state index is -0.353. The summed E-state index contributed by atoms with van der Waals surface area (Å²) in [7, 11) is 0. The maximum atomic E-state index is 12.0. The molecule has 0 bridgehead atoms. The summed E-state index contributed by atoms with van der Waals surface area (Å²) in [6.45, 7) is 0. The van der Waals surface area contributed by atoms with Crippen molar-refractivity contribution in [3.63, 3.8) is 0 Å². The lowest BCUT2D eigenvalue weighted by molar-refractivity contribution is -0.567. The normalized spacial score (nSPS) is 10.6. The van der Waals surface area contributed by atoms with Gasteiger partial charge in [0.15, 0.2) is 18.6 Å². The van der Waals surface area contributed by atoms with Gasteiger partial charge in [-0.05, 0) is 29.8 Å². The zero-order chi connectivity index (χ0) is 15.9. The minimum Gasteiger partial charge on any atom is -0.423 e. The van der Waals surface area contributed by atoms with E-state index in [4.69, 9.17) is 4.74 Å². The lowest BCUT2D eigenvalue weighted by atomic mass is 10.2. The molecular formula is C20H16NO2+. The number of carbonyl (C=O) groups is 1. The molecule has 3 heteroatoms. The van der Waals surface area contributed by atoms with E-state index in [1.54, 1.807) is 24.3 Å². The quantitative estimate of drug-likeness (QED) is 0.416. The van der Waals surface area contributed by atoms with Crippen LogP contribution >= 0.6 is 0 Å². The van der Waals surface area contributed by atoms with Gasteiger partial charge in [0.2, 0.25) is 0 Å². The molecule has 1 aromatic heterocycles. The Kier molecular flexibility index (Phi) is 4.60. The van der Waals surface area contributed by atoms with Crippen LogP contribution in [0.1, 0.15) is 15.9 Å². The van der Waals surface area contributed by atoms with E-state index in [0.717, 1.165) is 5.56 Å². The number of ether oxygens (including phenoxy) is 1. The van der Waals surface area contributed by atoms with Crippen molar-refractivity contribution in [2.24, 2.45) is 0 Å². The third kappa shape index (κ3) is 4.14. The Labute approximate surface area is 135 Å². The van der Waals surface area contributed by atoms with Crippen molar-refractivity contribution < 1.29 is 14.1 Å². The Morgan fingerprint density at radius 3 is 2.17 bits per heavy atom. The summed E-state index contributed by atoms with van der Waals surface area (Å²) in [5.41, 5.74) is 1.57. The van der Waals surface area contributed by atoms with Crippen LogP contribution in [0.15, 0.2) is 85.2 Å². The van der Waals surface area contributed by atoms with Crippen LogP contribution in [0.4, 0.5) is 0 Å². The monoisotopic (exact) mass is 302 g/mol. The number of carbonyl (C=O) groups excluding carboxylic acids is 1. The standard InChI is InChI=1S/C20H16NO2/c22-20(18-7-3-1-4-8-18)23-19-11-9-17(10-12-19)13-16-21-14-5-2-6-15-21/h1-16H/q+1/b16-13+. The second-order valence-electron chi connectivity index (χ2n) is 4.96. The summed E-state index contributed by atoms with van der Waals surface area (Å²) in [6, 6.07) is 22.3. The second-order valence-corrected chi connectivity index (χ2v) is 4.96. The smallest absolute Gasteiger partial charge is 0.343 e. The van der Waals surface area contributed by atoms with Crippen molar-refractivity contribution in [2.45, 2.75) is 0 Å². The molecule has 0 fully saturated rings. The molecule has 0 aliphatic carbocycles. The number of esters is 1. The van der Waals surface area contributed by atoms with Gasteiger partial charge in [-0.1, -0.05) is 36.4 Å². The van der Waals surface area contributed by atoms with E-state index in [1.165, 1.54) is 0 Å². The van der Waals surface area contributed by atoms with Gasteiger partial charge in [0, 0.05) is 18.2 Å². The first-order chi connectivity index (χ1) is 11.3. The Morgan fingerprint density at radius 1 is 0.826 bits per heavy atom. The predicted octanol–water partition coefficient (Wildman–Crippen LogP) is 3.82. The van der Waals surface area contributed by atoms with Crippen molar-refractivity contribution in [1.82, 2.24) is 0 Å². The molecule has 3 nitrogen and oxygen atoms in total. The van der Waals surface area contributed by atoms with Crippen molar-refractivity contribution in [2.75, 3.05) is 0 Å². The SMILES string of the molecule is O=C(Oc1ccc(/C=C/[n+]2ccccc2)cc1)c1ccccc1. The molecule has 0 N–H and O–H groups in total. The molecule has 112 valence electrons. The van der Waals surface area contributed by atoms with E-state index < -0.39 is 0 Å². The van der Waals surface area contributed by atoms with Gasteiger partial charge in [-0.25, -0.2) is 4.79 Å². The Morgan fingerprint density at radius 2 is 1.48 bits per heavy atom. The summed E-state index contributed by atoms with van der Waals surface area (Å²) in [6.07, 6.45) is 7.88. The van der Waals surface area contributed by atoms with Crippen LogP contribution in [-0.2, 0) is 0 Å². The molecular weight excluding hydrogens is 286 g/mol. The van der Waals surface area contributed by atoms with Gasteiger partial charge in [0.1, 0.15) is 5.75 Å². The maximum Gasteiger partial charge on any atom is 0.343 e. The van der Waals surface area contributed by atoms with Gasteiger partial charge >= 0.3 is 5.97 Å². The highest BCUT2D eigenvalue weighted by atomic mass is 16.5. The zero-order valence-corrected chi connectivity index (χ0v) is 12.5. The van der Waals surface area contributed by atoms with Crippen LogP contribution in [0.25, 0.3) is 12.3 Å². The average Bonchev–Trinajstić information content (AvgIpc) is 2.63. The van der Waals surface area contributed by atoms with Crippen LogP contribution < -0.4 is 9.30 Å². The fourth-order valence-corrected chi connectivity index (χ4v) is 2.07. The highest BCUT2D eigenvalue weighted by Gasteiger charge is 2.07. The van der Waals surface area contributed by atoms with Crippen molar-refractivity contribution >= 4 is 18.2 Å². The summed E-state index contributed by atoms with van der Waals surface area (Å²) >= 11 is 0. The van der Waals surface area contributed by atoms with E-state index >= 15 is 0 Å². The van der Waals surface area contributed by atoms with Gasteiger partial charge in [0.25, 0.3) is 0 Å². The van der Waals surface area contributed by atoms with Gasteiger partial charge in [-0.3, -0.25) is 0 Å². The van der Waals surface area contributed by atoms with Crippen molar-refractivity contribution in [1.29, 1.82) is 0 Å². The molecule has 3 aromatic rings. The van der Waals surface area contributed by atoms with Gasteiger partial charge in [-0.15, -0.1) is 0 Å². The molecule has 0 aliphatic rings. The summed E-state index contributed by atoms with van der Waals surface area (Å²) in [5.74, 6) is 0.178. The predicted molar refractivity (Wildman–Crippen MR) is 89.7 cm³/mol. The molecule has 3 rings (SSSR count).